The molecule has 0 spiro atoms. The molecule has 1 aromatic carbocycles. The Morgan fingerprint density at radius 1 is 0.759 bits per heavy atom. The highest BCUT2D eigenvalue weighted by Crippen LogP contribution is 2.31. The Balaban J connectivity index is 1.33. The lowest BCUT2D eigenvalue weighted by Crippen LogP contribution is -2.68. The Labute approximate surface area is 338 Å². The van der Waals surface area contributed by atoms with E-state index in [1.807, 2.05) is 0 Å². The minimum Gasteiger partial charge on any atom is -0.508 e. The molecule has 0 radical (unpaired) electrons. The normalized spacial score (nSPS) is 36.3. The number of ether oxygens (including phenoxy) is 4. The van der Waals surface area contributed by atoms with Crippen molar-refractivity contribution < 1.29 is 73.9 Å². The third-order valence-electron chi connectivity index (χ3n) is 10.3. The van der Waals surface area contributed by atoms with Crippen LogP contribution in [0.2, 0.25) is 0 Å². The van der Waals surface area contributed by atoms with Crippen molar-refractivity contribution in [2.75, 3.05) is 18.8 Å². The number of aliphatic hydroxyl groups excluding tert-OH is 6. The van der Waals surface area contributed by atoms with Crippen LogP contribution in [0.1, 0.15) is 24.8 Å². The number of carbonyl (C=O) groups is 4. The Kier molecular flexibility index (Phi) is 17.4. The summed E-state index contributed by atoms with van der Waals surface area (Å²) in [4.78, 5) is 50.4. The first-order valence-corrected chi connectivity index (χ1v) is 19.2. The largest absolute Gasteiger partial charge is 0.508 e. The number of primary amides is 1. The fraction of sp³-hybridized carbons (Fsp3) is 0.706. The van der Waals surface area contributed by atoms with Crippen LogP contribution in [0, 0.1) is 0 Å². The monoisotopic (exact) mass is 848 g/mol. The Hall–Kier alpha value is -3.31. The first-order valence-electron chi connectivity index (χ1n) is 18.6. The van der Waals surface area contributed by atoms with E-state index in [-0.39, 0.29) is 43.9 Å². The first kappa shape index (κ1) is 47.4. The molecule has 2 heterocycles. The molecule has 3 fully saturated rings. The van der Waals surface area contributed by atoms with Crippen LogP contribution in [-0.4, -0.2) is 182 Å². The molecule has 0 bridgehead atoms. The van der Waals surface area contributed by atoms with E-state index in [0.717, 1.165) is 0 Å². The van der Waals surface area contributed by atoms with Gasteiger partial charge in [-0.25, -0.2) is 0 Å². The molecule has 2 saturated heterocycles. The highest BCUT2D eigenvalue weighted by Gasteiger charge is 2.51. The quantitative estimate of drug-likeness (QED) is 0.0647. The lowest BCUT2D eigenvalue weighted by atomic mass is 9.84. The number of phenolic OH excluding ortho intramolecular Hbond substituents is 1. The van der Waals surface area contributed by atoms with Crippen molar-refractivity contribution in [2.45, 2.75) is 130 Å². The van der Waals surface area contributed by atoms with E-state index in [4.69, 9.17) is 47.6 Å². The molecule has 23 nitrogen and oxygen atoms in total. The van der Waals surface area contributed by atoms with Gasteiger partial charge >= 0.3 is 0 Å². The van der Waals surface area contributed by atoms with Gasteiger partial charge in [-0.2, -0.15) is 12.6 Å². The van der Waals surface area contributed by atoms with Gasteiger partial charge in [-0.15, -0.1) is 0 Å². The summed E-state index contributed by atoms with van der Waals surface area (Å²) in [5.74, 6) is -3.08. The molecule has 328 valence electrons. The number of hydrogen-bond acceptors (Lipinski definition) is 20. The second-order valence-corrected chi connectivity index (χ2v) is 14.9. The van der Waals surface area contributed by atoms with Crippen LogP contribution in [0.15, 0.2) is 24.3 Å². The first-order chi connectivity index (χ1) is 27.4. The summed E-state index contributed by atoms with van der Waals surface area (Å²) in [6.07, 6.45) is -18.9. The van der Waals surface area contributed by atoms with Crippen molar-refractivity contribution in [2.24, 2.45) is 28.7 Å². The molecule has 24 heteroatoms. The molecule has 0 unspecified atom stereocenters. The molecule has 17 atom stereocenters. The summed E-state index contributed by atoms with van der Waals surface area (Å²) in [7, 11) is 0. The molecule has 4 amide bonds. The minimum atomic E-state index is -1.75. The van der Waals surface area contributed by atoms with E-state index in [9.17, 15) is 54.9 Å². The van der Waals surface area contributed by atoms with Gasteiger partial charge in [-0.05, 0) is 24.1 Å². The zero-order chi connectivity index (χ0) is 43.0. The van der Waals surface area contributed by atoms with Crippen LogP contribution in [0.4, 0.5) is 0 Å². The topological polar surface area (TPSA) is 413 Å². The molecule has 58 heavy (non-hydrogen) atoms. The second kappa shape index (κ2) is 21.3. The van der Waals surface area contributed by atoms with Gasteiger partial charge in [0, 0.05) is 50.2 Å². The Morgan fingerprint density at radius 2 is 1.33 bits per heavy atom. The third-order valence-corrected chi connectivity index (χ3v) is 10.6. The summed E-state index contributed by atoms with van der Waals surface area (Å²) in [6, 6.07) is 0.230. The Morgan fingerprint density at radius 3 is 1.90 bits per heavy atom. The van der Waals surface area contributed by atoms with E-state index in [2.05, 4.69) is 28.6 Å². The van der Waals surface area contributed by atoms with Gasteiger partial charge in [0.1, 0.15) is 72.8 Å². The summed E-state index contributed by atoms with van der Waals surface area (Å²) >= 11 is 4.01. The van der Waals surface area contributed by atoms with Crippen LogP contribution >= 0.6 is 12.6 Å². The maximum atomic E-state index is 13.0. The summed E-state index contributed by atoms with van der Waals surface area (Å²) in [5.41, 5.74) is 30.0. The number of hydrogen-bond donors (Lipinski definition) is 16. The van der Waals surface area contributed by atoms with Gasteiger partial charge in [-0.3, -0.25) is 19.2 Å². The second-order valence-electron chi connectivity index (χ2n) is 14.5. The van der Waals surface area contributed by atoms with Crippen LogP contribution < -0.4 is 44.6 Å². The maximum Gasteiger partial charge on any atom is 0.243 e. The van der Waals surface area contributed by atoms with Crippen LogP contribution in [0.25, 0.3) is 0 Å². The number of nitrogens with two attached hydrogens (primary N) is 5. The number of aliphatic hydroxyl groups is 6. The zero-order valence-electron chi connectivity index (χ0n) is 31.3. The lowest BCUT2D eigenvalue weighted by molar-refractivity contribution is -0.330. The van der Waals surface area contributed by atoms with Gasteiger partial charge in [0.25, 0.3) is 0 Å². The smallest absolute Gasteiger partial charge is 0.243 e. The van der Waals surface area contributed by atoms with E-state index in [0.29, 0.717) is 5.56 Å². The molecular formula is C34H56N8O15S. The minimum absolute atomic E-state index is 0.0168. The highest BCUT2D eigenvalue weighted by atomic mass is 32.1. The SMILES string of the molecule is NC[C@H]1O[C@H](O[C@H]2[C@H](O)[C@@H](O[C@H]3O[C@H](CNC(=O)CCC(=O)N[C@@H](Cc4ccc(O)cc4)C(=O)N[C@@H](CS)C(N)=O)[C@@H](O)[C@H](N)[C@H]3O)[C@H](N)C[C@@H]2N)[C@H](O)[C@@H](O)[C@@H]1O. The standard InChI is InChI=1S/C34H56N8O15S/c35-9-18-24(47)26(49)27(50)34(54-18)57-30-15(37)8-14(36)29(28(30)51)56-33-25(48)22(38)23(46)19(55-33)10-40-20(44)5-6-21(45)41-16(7-12-1-3-13(43)4-2-12)32(53)42-17(11-58)31(39)52/h1-4,14-19,22-30,33-34,43,46-51,58H,5-11,35-38H2,(H2,39,52)(H,40,44)(H,41,45)(H,42,53)/t14-,15+,16+,17+,18-,19-,22+,23-,24-,25-,26+,27-,28-,29+,30-,33-,34-/m1/s1. The van der Waals surface area contributed by atoms with Crippen molar-refractivity contribution in [3.63, 3.8) is 0 Å². The van der Waals surface area contributed by atoms with Crippen molar-refractivity contribution in [3.8, 4) is 5.75 Å². The molecule has 3 aliphatic rings. The average Bonchev–Trinajstić information content (AvgIpc) is 3.18. The Bertz CT molecular complexity index is 1540. The number of phenols is 1. The molecule has 1 aliphatic carbocycles. The predicted octanol–water partition coefficient (Wildman–Crippen LogP) is -8.05. The number of benzene rings is 1. The summed E-state index contributed by atoms with van der Waals surface area (Å²) < 4.78 is 22.9. The summed E-state index contributed by atoms with van der Waals surface area (Å²) in [6.45, 7) is -0.613. The van der Waals surface area contributed by atoms with Crippen LogP contribution in [-0.2, 0) is 44.5 Å². The molecule has 20 N–H and O–H groups in total. The number of rotatable bonds is 17. The molecular weight excluding hydrogens is 792 g/mol. The number of amides is 4. The fourth-order valence-corrected chi connectivity index (χ4v) is 7.04. The van der Waals surface area contributed by atoms with Crippen molar-refractivity contribution in [1.29, 1.82) is 0 Å². The third kappa shape index (κ3) is 11.9. The summed E-state index contributed by atoms with van der Waals surface area (Å²) in [5, 5.41) is 80.8. The lowest BCUT2D eigenvalue weighted by Gasteiger charge is -2.48. The van der Waals surface area contributed by atoms with Crippen LogP contribution in [0.3, 0.4) is 0 Å². The van der Waals surface area contributed by atoms with E-state index in [1.54, 1.807) is 0 Å². The van der Waals surface area contributed by atoms with Gasteiger partial charge < -0.3 is 99.3 Å². The molecule has 1 aromatic rings. The predicted molar refractivity (Wildman–Crippen MR) is 202 cm³/mol. The highest BCUT2D eigenvalue weighted by molar-refractivity contribution is 7.80. The number of carbonyl (C=O) groups excluding carboxylic acids is 4. The number of thiol groups is 1. The number of nitrogens with one attached hydrogen (secondary N) is 3. The van der Waals surface area contributed by atoms with Crippen LogP contribution in [0.5, 0.6) is 5.75 Å². The molecule has 1 saturated carbocycles. The average molecular weight is 849 g/mol. The number of aromatic hydroxyl groups is 1. The van der Waals surface area contributed by atoms with Crippen molar-refractivity contribution in [1.82, 2.24) is 16.0 Å². The van der Waals surface area contributed by atoms with Gasteiger partial charge in [0.2, 0.25) is 23.6 Å². The zero-order valence-corrected chi connectivity index (χ0v) is 32.2. The van der Waals surface area contributed by atoms with Crippen molar-refractivity contribution >= 4 is 36.3 Å². The van der Waals surface area contributed by atoms with E-state index >= 15 is 0 Å². The van der Waals surface area contributed by atoms with E-state index in [1.165, 1.54) is 24.3 Å². The van der Waals surface area contributed by atoms with Gasteiger partial charge in [-0.1, -0.05) is 12.1 Å². The molecule has 4 rings (SSSR count). The van der Waals surface area contributed by atoms with E-state index < -0.39 is 134 Å². The fourth-order valence-electron chi connectivity index (χ4n) is 6.77. The maximum absolute atomic E-state index is 13.0. The molecule has 0 aromatic heterocycles. The van der Waals surface area contributed by atoms with Gasteiger partial charge in [0.05, 0.1) is 12.1 Å². The van der Waals surface area contributed by atoms with Crippen molar-refractivity contribution in [3.05, 3.63) is 29.8 Å². The molecule has 2 aliphatic heterocycles. The van der Waals surface area contributed by atoms with Gasteiger partial charge in [0.15, 0.2) is 12.6 Å².